The van der Waals surface area contributed by atoms with Crippen molar-refractivity contribution in [3.05, 3.63) is 36.0 Å². The second-order valence-electron chi connectivity index (χ2n) is 9.38. The predicted octanol–water partition coefficient (Wildman–Crippen LogP) is 3.24. The summed E-state index contributed by atoms with van der Waals surface area (Å²) in [5, 5.41) is 3.00. The normalized spacial score (nSPS) is 36.4. The molecule has 1 N–H and O–H groups in total. The number of carbonyl (C=O) groups is 2. The van der Waals surface area contributed by atoms with Crippen LogP contribution in [-0.4, -0.2) is 61.7 Å². The van der Waals surface area contributed by atoms with Crippen molar-refractivity contribution in [2.75, 3.05) is 13.2 Å². The second kappa shape index (κ2) is 11.3. The zero-order valence-electron chi connectivity index (χ0n) is 19.6. The number of amides is 1. The van der Waals surface area contributed by atoms with E-state index in [-0.39, 0.29) is 35.9 Å². The SMILES string of the molecule is CC(/C=C/C1CC2(CCO1)CO2)=C\CC1OC(C)C(NC(=O)/C=C\C(C)OC=O)CC1C. The largest absolute Gasteiger partial charge is 0.461 e. The summed E-state index contributed by atoms with van der Waals surface area (Å²) in [6, 6.07) is -0.0499. The van der Waals surface area contributed by atoms with E-state index in [1.807, 2.05) is 6.92 Å². The monoisotopic (exact) mass is 447 g/mol. The molecule has 3 fully saturated rings. The van der Waals surface area contributed by atoms with Gasteiger partial charge in [-0.2, -0.15) is 0 Å². The van der Waals surface area contributed by atoms with Crippen LogP contribution < -0.4 is 5.32 Å². The third-order valence-corrected chi connectivity index (χ3v) is 6.59. The second-order valence-corrected chi connectivity index (χ2v) is 9.38. The fraction of sp³-hybridized carbons (Fsp3) is 0.680. The van der Waals surface area contributed by atoms with Crippen LogP contribution in [0.15, 0.2) is 36.0 Å². The van der Waals surface area contributed by atoms with Gasteiger partial charge in [-0.25, -0.2) is 0 Å². The van der Waals surface area contributed by atoms with Gasteiger partial charge in [-0.1, -0.05) is 30.7 Å². The first-order valence-corrected chi connectivity index (χ1v) is 11.6. The highest BCUT2D eigenvalue weighted by atomic mass is 16.6. The highest BCUT2D eigenvalue weighted by molar-refractivity contribution is 5.87. The van der Waals surface area contributed by atoms with Crippen LogP contribution in [0.4, 0.5) is 0 Å². The van der Waals surface area contributed by atoms with E-state index in [0.29, 0.717) is 12.4 Å². The molecule has 3 heterocycles. The molecule has 3 saturated heterocycles. The van der Waals surface area contributed by atoms with Crippen molar-refractivity contribution in [1.82, 2.24) is 5.32 Å². The van der Waals surface area contributed by atoms with Gasteiger partial charge < -0.3 is 24.3 Å². The van der Waals surface area contributed by atoms with Gasteiger partial charge in [-0.15, -0.1) is 0 Å². The maximum Gasteiger partial charge on any atom is 0.293 e. The van der Waals surface area contributed by atoms with Gasteiger partial charge in [0.1, 0.15) is 6.10 Å². The van der Waals surface area contributed by atoms with Gasteiger partial charge in [0.25, 0.3) is 6.47 Å². The smallest absolute Gasteiger partial charge is 0.293 e. The first-order chi connectivity index (χ1) is 15.3. The number of ether oxygens (including phenoxy) is 4. The number of hydrogen-bond donors (Lipinski definition) is 1. The van der Waals surface area contributed by atoms with Crippen molar-refractivity contribution in [3.63, 3.8) is 0 Å². The molecule has 1 amide bonds. The molecule has 7 atom stereocenters. The Bertz CT molecular complexity index is 741. The van der Waals surface area contributed by atoms with E-state index in [1.54, 1.807) is 13.0 Å². The molecule has 7 nitrogen and oxygen atoms in total. The Morgan fingerprint density at radius 2 is 2.09 bits per heavy atom. The number of hydrogen-bond acceptors (Lipinski definition) is 6. The van der Waals surface area contributed by atoms with E-state index in [1.165, 1.54) is 11.6 Å². The summed E-state index contributed by atoms with van der Waals surface area (Å²) >= 11 is 0. The lowest BCUT2D eigenvalue weighted by Gasteiger charge is -2.39. The Morgan fingerprint density at radius 1 is 1.31 bits per heavy atom. The van der Waals surface area contributed by atoms with Crippen LogP contribution in [0.2, 0.25) is 0 Å². The first-order valence-electron chi connectivity index (χ1n) is 11.6. The van der Waals surface area contributed by atoms with Gasteiger partial charge in [-0.05, 0) is 45.6 Å². The fourth-order valence-corrected chi connectivity index (χ4v) is 4.34. The Hall–Kier alpha value is -1.96. The Kier molecular flexibility index (Phi) is 8.68. The van der Waals surface area contributed by atoms with Crippen LogP contribution in [0.25, 0.3) is 0 Å². The number of epoxide rings is 1. The van der Waals surface area contributed by atoms with Gasteiger partial charge in [-0.3, -0.25) is 9.59 Å². The molecule has 0 saturated carbocycles. The van der Waals surface area contributed by atoms with Crippen molar-refractivity contribution < 1.29 is 28.5 Å². The average Bonchev–Trinajstić information content (AvgIpc) is 3.50. The minimum absolute atomic E-state index is 0.0499. The van der Waals surface area contributed by atoms with Crippen LogP contribution in [0, 0.1) is 5.92 Å². The van der Waals surface area contributed by atoms with E-state index in [4.69, 9.17) is 18.9 Å². The van der Waals surface area contributed by atoms with Crippen LogP contribution in [0.1, 0.15) is 53.4 Å². The number of rotatable bonds is 9. The first kappa shape index (κ1) is 24.7. The summed E-state index contributed by atoms with van der Waals surface area (Å²) in [6.45, 7) is 9.97. The lowest BCUT2D eigenvalue weighted by Crippen LogP contribution is -2.50. The van der Waals surface area contributed by atoms with Crippen molar-refractivity contribution >= 4 is 12.4 Å². The van der Waals surface area contributed by atoms with E-state index in [2.05, 4.69) is 37.4 Å². The van der Waals surface area contributed by atoms with E-state index in [9.17, 15) is 9.59 Å². The summed E-state index contributed by atoms with van der Waals surface area (Å²) < 4.78 is 22.4. The summed E-state index contributed by atoms with van der Waals surface area (Å²) in [5.41, 5.74) is 1.29. The standard InChI is InChI=1S/C25H37NO6/c1-17(5-8-21-14-25(15-31-25)11-12-29-21)6-9-23-18(2)13-22(20(4)32-23)26-24(28)10-7-19(3)30-16-27/h5-8,10,16,18-23H,9,11-15H2,1-4H3,(H,26,28)/b8-5+,10-7-,17-6+. The average molecular weight is 448 g/mol. The summed E-state index contributed by atoms with van der Waals surface area (Å²) in [6.07, 6.45) is 12.8. The van der Waals surface area contributed by atoms with Crippen molar-refractivity contribution in [3.8, 4) is 0 Å². The Labute approximate surface area is 191 Å². The van der Waals surface area contributed by atoms with Crippen LogP contribution >= 0.6 is 0 Å². The molecule has 3 aliphatic heterocycles. The van der Waals surface area contributed by atoms with Gasteiger partial charge in [0.15, 0.2) is 0 Å². The van der Waals surface area contributed by atoms with E-state index in [0.717, 1.165) is 38.9 Å². The van der Waals surface area contributed by atoms with Crippen LogP contribution in [-0.2, 0) is 28.5 Å². The Morgan fingerprint density at radius 3 is 2.81 bits per heavy atom. The number of carbonyl (C=O) groups excluding carboxylic acids is 2. The quantitative estimate of drug-likeness (QED) is 0.253. The lowest BCUT2D eigenvalue weighted by molar-refractivity contribution is -0.131. The molecule has 1 spiro atoms. The molecule has 7 unspecified atom stereocenters. The van der Waals surface area contributed by atoms with Gasteiger partial charge >= 0.3 is 0 Å². The molecule has 0 aromatic carbocycles. The highest BCUT2D eigenvalue weighted by Crippen LogP contribution is 2.39. The van der Waals surface area contributed by atoms with Gasteiger partial charge in [0.2, 0.25) is 5.91 Å². The molecule has 0 aromatic rings. The zero-order chi connectivity index (χ0) is 23.1. The van der Waals surface area contributed by atoms with E-state index < -0.39 is 6.10 Å². The molecule has 0 aromatic heterocycles. The lowest BCUT2D eigenvalue weighted by atomic mass is 9.88. The summed E-state index contributed by atoms with van der Waals surface area (Å²) in [7, 11) is 0. The third-order valence-electron chi connectivity index (χ3n) is 6.59. The van der Waals surface area contributed by atoms with Crippen LogP contribution in [0.5, 0.6) is 0 Å². The van der Waals surface area contributed by atoms with Gasteiger partial charge in [0, 0.05) is 18.9 Å². The minimum Gasteiger partial charge on any atom is -0.461 e. The zero-order valence-corrected chi connectivity index (χ0v) is 19.6. The summed E-state index contributed by atoms with van der Waals surface area (Å²) in [4.78, 5) is 22.5. The molecule has 32 heavy (non-hydrogen) atoms. The maximum atomic E-state index is 12.2. The number of nitrogens with one attached hydrogen (secondary N) is 1. The Balaban J connectivity index is 1.43. The molecule has 178 valence electrons. The van der Waals surface area contributed by atoms with E-state index >= 15 is 0 Å². The predicted molar refractivity (Wildman–Crippen MR) is 121 cm³/mol. The molecule has 7 heteroatoms. The van der Waals surface area contributed by atoms with Crippen molar-refractivity contribution in [2.45, 2.75) is 89.4 Å². The molecular weight excluding hydrogens is 410 g/mol. The maximum absolute atomic E-state index is 12.2. The van der Waals surface area contributed by atoms with Gasteiger partial charge in [0.05, 0.1) is 43.2 Å². The minimum atomic E-state index is -0.432. The molecule has 3 rings (SSSR count). The molecule has 3 aliphatic rings. The summed E-state index contributed by atoms with van der Waals surface area (Å²) in [5.74, 6) is 0.112. The topological polar surface area (TPSA) is 86.4 Å². The third kappa shape index (κ3) is 7.29. The highest BCUT2D eigenvalue weighted by Gasteiger charge is 2.48. The number of allylic oxidation sites excluding steroid dienone is 2. The van der Waals surface area contributed by atoms with Crippen molar-refractivity contribution in [2.24, 2.45) is 5.92 Å². The molecular formula is C25H37NO6. The molecule has 0 aliphatic carbocycles. The van der Waals surface area contributed by atoms with Crippen molar-refractivity contribution in [1.29, 1.82) is 0 Å². The molecule has 0 radical (unpaired) electrons. The fourth-order valence-electron chi connectivity index (χ4n) is 4.34. The van der Waals surface area contributed by atoms with Crippen LogP contribution in [0.3, 0.4) is 0 Å². The molecule has 0 bridgehead atoms.